The van der Waals surface area contributed by atoms with E-state index in [4.69, 9.17) is 9.47 Å². The van der Waals surface area contributed by atoms with Gasteiger partial charge in [-0.05, 0) is 56.4 Å². The number of aliphatic hydroxyl groups excluding tert-OH is 1. The number of halogens is 1. The van der Waals surface area contributed by atoms with Gasteiger partial charge in [0.05, 0.1) is 0 Å². The highest BCUT2D eigenvalue weighted by Crippen LogP contribution is 2.39. The van der Waals surface area contributed by atoms with Crippen molar-refractivity contribution in [2.24, 2.45) is 5.92 Å². The molecule has 5 nitrogen and oxygen atoms in total. The van der Waals surface area contributed by atoms with Crippen molar-refractivity contribution in [1.82, 2.24) is 4.90 Å². The summed E-state index contributed by atoms with van der Waals surface area (Å²) >= 11 is 0. The second-order valence-electron chi connectivity index (χ2n) is 8.14. The zero-order valence-corrected chi connectivity index (χ0v) is 17.9. The van der Waals surface area contributed by atoms with E-state index in [1.54, 1.807) is 12.1 Å². The minimum absolute atomic E-state index is 0.0635. The van der Waals surface area contributed by atoms with Gasteiger partial charge in [0.15, 0.2) is 5.76 Å². The van der Waals surface area contributed by atoms with Gasteiger partial charge in [-0.15, -0.1) is 0 Å². The van der Waals surface area contributed by atoms with Crippen molar-refractivity contribution in [3.63, 3.8) is 0 Å². The van der Waals surface area contributed by atoms with Gasteiger partial charge in [-0.1, -0.05) is 31.4 Å². The van der Waals surface area contributed by atoms with Crippen LogP contribution in [0.1, 0.15) is 63.4 Å². The second kappa shape index (κ2) is 11.5. The van der Waals surface area contributed by atoms with Crippen LogP contribution in [0.15, 0.2) is 36.1 Å². The van der Waals surface area contributed by atoms with Crippen LogP contribution in [-0.2, 0) is 14.3 Å². The molecule has 3 atom stereocenters. The van der Waals surface area contributed by atoms with E-state index in [2.05, 4.69) is 0 Å². The minimum atomic E-state index is -0.574. The highest BCUT2D eigenvalue weighted by molar-refractivity contribution is 5.91. The van der Waals surface area contributed by atoms with E-state index in [0.29, 0.717) is 25.2 Å². The van der Waals surface area contributed by atoms with Gasteiger partial charge in [-0.3, -0.25) is 4.79 Å². The van der Waals surface area contributed by atoms with Crippen LogP contribution in [-0.4, -0.2) is 48.5 Å². The van der Waals surface area contributed by atoms with Crippen LogP contribution >= 0.6 is 0 Å². The number of rotatable bonds is 7. The van der Waals surface area contributed by atoms with E-state index in [-0.39, 0.29) is 30.2 Å². The van der Waals surface area contributed by atoms with Crippen LogP contribution in [0.4, 0.5) is 4.39 Å². The van der Waals surface area contributed by atoms with Crippen LogP contribution in [0.3, 0.4) is 0 Å². The Kier molecular flexibility index (Phi) is 8.70. The Hall–Kier alpha value is -1.92. The van der Waals surface area contributed by atoms with E-state index >= 15 is 0 Å². The maximum absolute atomic E-state index is 13.5. The van der Waals surface area contributed by atoms with Crippen molar-refractivity contribution in [3.8, 4) is 0 Å². The van der Waals surface area contributed by atoms with Crippen LogP contribution in [0.25, 0.3) is 0 Å². The molecule has 166 valence electrons. The Morgan fingerprint density at radius 2 is 1.83 bits per heavy atom. The quantitative estimate of drug-likeness (QED) is 0.713. The summed E-state index contributed by atoms with van der Waals surface area (Å²) in [5.74, 6) is -0.263. The predicted molar refractivity (Wildman–Crippen MR) is 113 cm³/mol. The number of carbonyl (C=O) groups excluding carboxylic acids is 1. The average molecular weight is 420 g/mol. The maximum Gasteiger partial charge on any atom is 0.288 e. The molecule has 2 aliphatic rings. The molecule has 2 heterocycles. The van der Waals surface area contributed by atoms with E-state index in [1.165, 1.54) is 18.6 Å². The first-order chi connectivity index (χ1) is 14.6. The van der Waals surface area contributed by atoms with E-state index < -0.39 is 6.29 Å². The molecule has 0 unspecified atom stereocenters. The second-order valence-corrected chi connectivity index (χ2v) is 8.14. The van der Waals surface area contributed by atoms with Gasteiger partial charge in [-0.25, -0.2) is 4.39 Å². The zero-order valence-electron chi connectivity index (χ0n) is 17.9. The molecule has 1 amide bonds. The number of carbonyl (C=O) groups is 1. The first-order valence-electron chi connectivity index (χ1n) is 11.3. The van der Waals surface area contributed by atoms with Crippen molar-refractivity contribution in [3.05, 3.63) is 47.5 Å². The van der Waals surface area contributed by atoms with Gasteiger partial charge in [0.1, 0.15) is 5.82 Å². The highest BCUT2D eigenvalue weighted by Gasteiger charge is 2.38. The lowest BCUT2D eigenvalue weighted by atomic mass is 9.80. The van der Waals surface area contributed by atoms with Crippen molar-refractivity contribution in [2.45, 2.75) is 64.1 Å². The van der Waals surface area contributed by atoms with Crippen LogP contribution in [0.5, 0.6) is 0 Å². The molecule has 1 aromatic carbocycles. The van der Waals surface area contributed by atoms with Gasteiger partial charge < -0.3 is 19.5 Å². The molecule has 0 bridgehead atoms. The number of ether oxygens (including phenoxy) is 2. The van der Waals surface area contributed by atoms with Gasteiger partial charge in [0, 0.05) is 38.1 Å². The molecule has 0 spiro atoms. The van der Waals surface area contributed by atoms with Crippen LogP contribution < -0.4 is 0 Å². The molecule has 6 heteroatoms. The summed E-state index contributed by atoms with van der Waals surface area (Å²) < 4.78 is 25.5. The fourth-order valence-corrected chi connectivity index (χ4v) is 4.43. The van der Waals surface area contributed by atoms with E-state index in [1.807, 2.05) is 17.9 Å². The zero-order chi connectivity index (χ0) is 21.3. The van der Waals surface area contributed by atoms with Crippen molar-refractivity contribution in [1.29, 1.82) is 0 Å². The molecule has 2 aliphatic heterocycles. The summed E-state index contributed by atoms with van der Waals surface area (Å²) in [4.78, 5) is 15.2. The average Bonchev–Trinajstić information content (AvgIpc) is 2.72. The topological polar surface area (TPSA) is 59.0 Å². The molecule has 3 rings (SSSR count). The number of benzene rings is 1. The number of amides is 1. The summed E-state index contributed by atoms with van der Waals surface area (Å²) in [5.41, 5.74) is 0.922. The first-order valence-corrected chi connectivity index (χ1v) is 11.3. The lowest BCUT2D eigenvalue weighted by molar-refractivity contribution is -0.170. The third kappa shape index (κ3) is 5.82. The van der Waals surface area contributed by atoms with Gasteiger partial charge >= 0.3 is 0 Å². The maximum atomic E-state index is 13.5. The number of nitrogens with zero attached hydrogens (tertiary/aromatic N) is 1. The minimum Gasteiger partial charge on any atom is -0.459 e. The van der Waals surface area contributed by atoms with Gasteiger partial charge in [-0.2, -0.15) is 0 Å². The Balaban J connectivity index is 1.90. The Bertz CT molecular complexity index is 698. The lowest BCUT2D eigenvalue weighted by Gasteiger charge is -2.38. The fourth-order valence-electron chi connectivity index (χ4n) is 4.43. The summed E-state index contributed by atoms with van der Waals surface area (Å²) in [5, 5.41) is 9.36. The Labute approximate surface area is 178 Å². The Morgan fingerprint density at radius 1 is 1.17 bits per heavy atom. The lowest BCUT2D eigenvalue weighted by Crippen LogP contribution is -2.41. The van der Waals surface area contributed by atoms with Gasteiger partial charge in [0.2, 0.25) is 6.29 Å². The smallest absolute Gasteiger partial charge is 0.288 e. The van der Waals surface area contributed by atoms with Crippen molar-refractivity contribution >= 4 is 5.91 Å². The molecule has 0 saturated carbocycles. The van der Waals surface area contributed by atoms with Crippen molar-refractivity contribution < 1.29 is 23.8 Å². The summed E-state index contributed by atoms with van der Waals surface area (Å²) in [6.07, 6.45) is 8.14. The normalized spacial score (nSPS) is 25.1. The monoisotopic (exact) mass is 419 g/mol. The molecule has 0 radical (unpaired) electrons. The largest absolute Gasteiger partial charge is 0.459 e. The number of allylic oxidation sites excluding steroid dienone is 1. The summed E-state index contributed by atoms with van der Waals surface area (Å²) in [6, 6.07) is 6.40. The number of likely N-dealkylation sites (tertiary alicyclic amines) is 1. The summed E-state index contributed by atoms with van der Waals surface area (Å²) in [7, 11) is 0. The molecule has 30 heavy (non-hydrogen) atoms. The highest BCUT2D eigenvalue weighted by atomic mass is 19.1. The molecule has 1 fully saturated rings. The van der Waals surface area contributed by atoms with Crippen LogP contribution in [0, 0.1) is 11.7 Å². The van der Waals surface area contributed by atoms with Gasteiger partial charge in [0.25, 0.3) is 5.91 Å². The molecule has 0 aromatic heterocycles. The number of hydrogen-bond donors (Lipinski definition) is 1. The van der Waals surface area contributed by atoms with E-state index in [9.17, 15) is 14.3 Å². The molecule has 1 aromatic rings. The predicted octanol–water partition coefficient (Wildman–Crippen LogP) is 4.37. The molecule has 1 N–H and O–H groups in total. The Morgan fingerprint density at radius 3 is 2.47 bits per heavy atom. The molecule has 1 saturated heterocycles. The first kappa shape index (κ1) is 22.8. The fraction of sp³-hybridized carbons (Fsp3) is 0.625. The SMILES string of the molecule is CCO[C@@H]1OC(C(=O)N2CCCCCCC2)=C[C@H](c2ccc(F)cc2)[C@@H]1CCCO. The number of hydrogen-bond acceptors (Lipinski definition) is 4. The van der Waals surface area contributed by atoms with E-state index in [0.717, 1.165) is 44.3 Å². The third-order valence-corrected chi connectivity index (χ3v) is 6.02. The van der Waals surface area contributed by atoms with Crippen LogP contribution in [0.2, 0.25) is 0 Å². The summed E-state index contributed by atoms with van der Waals surface area (Å²) in [6.45, 7) is 3.93. The molecule has 0 aliphatic carbocycles. The molecular weight excluding hydrogens is 385 g/mol. The number of aliphatic hydroxyl groups is 1. The standard InChI is InChI=1S/C24H34FNO4/c1-2-29-24-20(9-8-16-27)21(18-10-12-19(25)13-11-18)17-22(30-24)23(28)26-14-6-4-3-5-7-15-26/h10-13,17,20-21,24,27H,2-9,14-16H2,1H3/t20-,21+,24+/m0/s1. The van der Waals surface area contributed by atoms with Crippen molar-refractivity contribution in [2.75, 3.05) is 26.3 Å². The molecular formula is C24H34FNO4. The third-order valence-electron chi connectivity index (χ3n) is 6.02.